The molecule has 2 aromatic rings. The summed E-state index contributed by atoms with van der Waals surface area (Å²) in [6.45, 7) is 3.78. The summed E-state index contributed by atoms with van der Waals surface area (Å²) in [5.41, 5.74) is 1.00. The van der Waals surface area contributed by atoms with Gasteiger partial charge in [-0.2, -0.15) is 0 Å². The fraction of sp³-hybridized carbons (Fsp3) is 0.417. The minimum absolute atomic E-state index is 0.0365. The van der Waals surface area contributed by atoms with Crippen LogP contribution in [0.15, 0.2) is 48.5 Å². The first kappa shape index (κ1) is 22.6. The average molecular weight is 460 g/mol. The number of benzene rings is 2. The summed E-state index contributed by atoms with van der Waals surface area (Å²) < 4.78 is 18.9. The molecule has 0 bridgehead atoms. The topological polar surface area (TPSA) is 61.9 Å². The van der Waals surface area contributed by atoms with Gasteiger partial charge in [0.1, 0.15) is 5.82 Å². The van der Waals surface area contributed by atoms with Crippen LogP contribution in [0.5, 0.6) is 0 Å². The van der Waals surface area contributed by atoms with Crippen LogP contribution in [0.4, 0.5) is 9.18 Å². The normalized spacial score (nSPS) is 21.3. The zero-order chi connectivity index (χ0) is 22.7. The number of hydrogen-bond donors (Lipinski definition) is 1. The lowest BCUT2D eigenvalue weighted by atomic mass is 10.0. The summed E-state index contributed by atoms with van der Waals surface area (Å²) in [6, 6.07) is 14.0. The molecule has 2 aliphatic heterocycles. The second-order valence-electron chi connectivity index (χ2n) is 8.47. The van der Waals surface area contributed by atoms with E-state index in [1.165, 1.54) is 19.2 Å². The van der Waals surface area contributed by atoms with Crippen molar-refractivity contribution in [3.8, 4) is 0 Å². The van der Waals surface area contributed by atoms with Gasteiger partial charge in [-0.15, -0.1) is 0 Å². The Balaban J connectivity index is 1.33. The number of nitrogens with zero attached hydrogens (tertiary/aromatic N) is 2. The molecule has 2 aromatic carbocycles. The van der Waals surface area contributed by atoms with Gasteiger partial charge in [-0.1, -0.05) is 48.0 Å². The first-order valence-corrected chi connectivity index (χ1v) is 11.2. The van der Waals surface area contributed by atoms with E-state index in [9.17, 15) is 14.0 Å². The van der Waals surface area contributed by atoms with E-state index in [2.05, 4.69) is 10.2 Å². The molecule has 0 aromatic heterocycles. The van der Waals surface area contributed by atoms with Crippen LogP contribution in [0.2, 0.25) is 5.02 Å². The summed E-state index contributed by atoms with van der Waals surface area (Å²) in [5.74, 6) is -0.201. The van der Waals surface area contributed by atoms with Gasteiger partial charge in [0, 0.05) is 32.7 Å². The van der Waals surface area contributed by atoms with Crippen LogP contribution in [0, 0.1) is 17.7 Å². The second kappa shape index (κ2) is 9.88. The standard InChI is InChI=1S/C24H27ClFN3O3/c1-32-24(31)27-21(16-6-3-2-4-7-16)10-11-28-12-17-14-29(15-18(17)13-28)23(30)22-19(25)8-5-9-20(22)26/h2-9,17-18,21H,10-15H2,1H3,(H,27,31). The maximum absolute atomic E-state index is 14.2. The molecule has 3 unspecified atom stereocenters. The number of carbonyl (C=O) groups is 2. The van der Waals surface area contributed by atoms with Crippen molar-refractivity contribution in [2.75, 3.05) is 39.8 Å². The van der Waals surface area contributed by atoms with Crippen LogP contribution in [0.1, 0.15) is 28.4 Å². The van der Waals surface area contributed by atoms with Gasteiger partial charge in [-0.05, 0) is 36.0 Å². The molecule has 0 spiro atoms. The lowest BCUT2D eigenvalue weighted by molar-refractivity contribution is 0.0769. The van der Waals surface area contributed by atoms with Crippen molar-refractivity contribution < 1.29 is 18.7 Å². The molecule has 6 nitrogen and oxygen atoms in total. The van der Waals surface area contributed by atoms with Gasteiger partial charge in [-0.3, -0.25) is 4.79 Å². The molecule has 8 heteroatoms. The summed E-state index contributed by atoms with van der Waals surface area (Å²) >= 11 is 6.08. The molecule has 2 saturated heterocycles. The highest BCUT2D eigenvalue weighted by Crippen LogP contribution is 2.33. The molecule has 3 atom stereocenters. The number of amides is 2. The third kappa shape index (κ3) is 4.89. The van der Waals surface area contributed by atoms with E-state index in [4.69, 9.17) is 16.3 Å². The molecule has 2 amide bonds. The van der Waals surface area contributed by atoms with Crippen molar-refractivity contribution in [3.05, 3.63) is 70.5 Å². The number of methoxy groups -OCH3 is 1. The highest BCUT2D eigenvalue weighted by Gasteiger charge is 2.42. The Labute approximate surface area is 192 Å². The van der Waals surface area contributed by atoms with Crippen LogP contribution >= 0.6 is 11.6 Å². The maximum Gasteiger partial charge on any atom is 0.407 e. The predicted octanol–water partition coefficient (Wildman–Crippen LogP) is 3.97. The smallest absolute Gasteiger partial charge is 0.407 e. The Bertz CT molecular complexity index is 940. The molecule has 2 heterocycles. The number of carbonyl (C=O) groups excluding carboxylic acids is 2. The Morgan fingerprint density at radius 3 is 2.41 bits per heavy atom. The molecule has 1 N–H and O–H groups in total. The lowest BCUT2D eigenvalue weighted by Crippen LogP contribution is -2.35. The minimum atomic E-state index is -0.578. The number of nitrogens with one attached hydrogen (secondary N) is 1. The SMILES string of the molecule is COC(=O)NC(CCN1CC2CN(C(=O)c3c(F)cccc3Cl)CC2C1)c1ccccc1. The van der Waals surface area contributed by atoms with Crippen molar-refractivity contribution in [3.63, 3.8) is 0 Å². The van der Waals surface area contributed by atoms with Gasteiger partial charge >= 0.3 is 6.09 Å². The molecule has 4 rings (SSSR count). The number of alkyl carbamates (subject to hydrolysis) is 1. The zero-order valence-corrected chi connectivity index (χ0v) is 18.7. The van der Waals surface area contributed by atoms with Crippen molar-refractivity contribution in [1.82, 2.24) is 15.1 Å². The van der Waals surface area contributed by atoms with Crippen LogP contribution in [-0.2, 0) is 4.74 Å². The third-order valence-electron chi connectivity index (χ3n) is 6.44. The van der Waals surface area contributed by atoms with Crippen LogP contribution in [-0.4, -0.2) is 61.6 Å². The first-order valence-electron chi connectivity index (χ1n) is 10.8. The first-order chi connectivity index (χ1) is 15.5. The molecule has 170 valence electrons. The van der Waals surface area contributed by atoms with E-state index in [0.29, 0.717) is 24.9 Å². The number of fused-ring (bicyclic) bond motifs is 1. The predicted molar refractivity (Wildman–Crippen MR) is 120 cm³/mol. The summed E-state index contributed by atoms with van der Waals surface area (Å²) in [6.07, 6.45) is 0.310. The van der Waals surface area contributed by atoms with E-state index in [1.807, 2.05) is 30.3 Å². The van der Waals surface area contributed by atoms with Gasteiger partial charge in [-0.25, -0.2) is 9.18 Å². The molecule has 0 aliphatic carbocycles. The maximum atomic E-state index is 14.2. The van der Waals surface area contributed by atoms with Crippen LogP contribution in [0.25, 0.3) is 0 Å². The molecular formula is C24H27ClFN3O3. The Hall–Kier alpha value is -2.64. The Morgan fingerprint density at radius 2 is 1.78 bits per heavy atom. The highest BCUT2D eigenvalue weighted by atomic mass is 35.5. The molecule has 0 radical (unpaired) electrons. The molecule has 0 saturated carbocycles. The quantitative estimate of drug-likeness (QED) is 0.710. The van der Waals surface area contributed by atoms with E-state index in [-0.39, 0.29) is 22.5 Å². The fourth-order valence-electron chi connectivity index (χ4n) is 4.82. The van der Waals surface area contributed by atoms with E-state index in [1.54, 1.807) is 11.0 Å². The van der Waals surface area contributed by atoms with Crippen molar-refractivity contribution in [2.24, 2.45) is 11.8 Å². The third-order valence-corrected chi connectivity index (χ3v) is 6.75. The summed E-state index contributed by atoms with van der Waals surface area (Å²) in [7, 11) is 1.36. The van der Waals surface area contributed by atoms with Gasteiger partial charge in [0.05, 0.1) is 23.7 Å². The number of ether oxygens (including phenoxy) is 1. The van der Waals surface area contributed by atoms with E-state index in [0.717, 1.165) is 31.6 Å². The number of likely N-dealkylation sites (tertiary alicyclic amines) is 2. The lowest BCUT2D eigenvalue weighted by Gasteiger charge is -2.24. The fourth-order valence-corrected chi connectivity index (χ4v) is 5.06. The van der Waals surface area contributed by atoms with E-state index >= 15 is 0 Å². The van der Waals surface area contributed by atoms with Gasteiger partial charge < -0.3 is 19.9 Å². The van der Waals surface area contributed by atoms with E-state index < -0.39 is 11.9 Å². The van der Waals surface area contributed by atoms with Gasteiger partial charge in [0.2, 0.25) is 0 Å². The summed E-state index contributed by atoms with van der Waals surface area (Å²) in [4.78, 5) is 28.7. The molecule has 2 fully saturated rings. The number of hydrogen-bond acceptors (Lipinski definition) is 4. The average Bonchev–Trinajstić information content (AvgIpc) is 3.36. The van der Waals surface area contributed by atoms with Gasteiger partial charge in [0.15, 0.2) is 0 Å². The molecule has 2 aliphatic rings. The minimum Gasteiger partial charge on any atom is -0.453 e. The Kier molecular flexibility index (Phi) is 6.96. The second-order valence-corrected chi connectivity index (χ2v) is 8.88. The van der Waals surface area contributed by atoms with Gasteiger partial charge in [0.25, 0.3) is 5.91 Å². The van der Waals surface area contributed by atoms with Crippen LogP contribution in [0.3, 0.4) is 0 Å². The largest absolute Gasteiger partial charge is 0.453 e. The van der Waals surface area contributed by atoms with Crippen molar-refractivity contribution in [2.45, 2.75) is 12.5 Å². The Morgan fingerprint density at radius 1 is 1.09 bits per heavy atom. The number of rotatable bonds is 6. The zero-order valence-electron chi connectivity index (χ0n) is 18.0. The highest BCUT2D eigenvalue weighted by molar-refractivity contribution is 6.33. The molecular weight excluding hydrogens is 433 g/mol. The monoisotopic (exact) mass is 459 g/mol. The number of halogens is 2. The van der Waals surface area contributed by atoms with Crippen LogP contribution < -0.4 is 5.32 Å². The van der Waals surface area contributed by atoms with Crippen molar-refractivity contribution >= 4 is 23.6 Å². The molecule has 32 heavy (non-hydrogen) atoms. The van der Waals surface area contributed by atoms with Crippen molar-refractivity contribution in [1.29, 1.82) is 0 Å². The summed E-state index contributed by atoms with van der Waals surface area (Å²) in [5, 5.41) is 3.07.